The van der Waals surface area contributed by atoms with Crippen LogP contribution in [0, 0.1) is 0 Å². The number of hydrogen-bond donors (Lipinski definition) is 2. The van der Waals surface area contributed by atoms with E-state index in [1.54, 1.807) is 0 Å². The van der Waals surface area contributed by atoms with Gasteiger partial charge in [-0.15, -0.1) is 24.9 Å². The molecule has 0 spiro atoms. The third kappa shape index (κ3) is 6.89. The fourth-order valence-electron chi connectivity index (χ4n) is 1.36. The van der Waals surface area contributed by atoms with Gasteiger partial charge in [-0.2, -0.15) is 0 Å². The number of hydrogen-bond acceptors (Lipinski definition) is 4. The van der Waals surface area contributed by atoms with Crippen molar-refractivity contribution in [2.24, 2.45) is 0 Å². The van der Waals surface area contributed by atoms with Crippen molar-refractivity contribution in [1.29, 1.82) is 0 Å². The van der Waals surface area contributed by atoms with Crippen molar-refractivity contribution < 1.29 is 32.6 Å². The van der Waals surface area contributed by atoms with Crippen molar-refractivity contribution in [2.75, 3.05) is 18.1 Å². The zero-order chi connectivity index (χ0) is 15.9. The van der Waals surface area contributed by atoms with Gasteiger partial charge in [-0.3, -0.25) is 9.59 Å². The zero-order valence-electron chi connectivity index (χ0n) is 10.6. The molecule has 1 amide bonds. The number of para-hydroxylation sites is 1. The fourth-order valence-corrected chi connectivity index (χ4v) is 1.92. The van der Waals surface area contributed by atoms with Crippen LogP contribution in [0.4, 0.5) is 13.2 Å². The molecule has 0 atom stereocenters. The molecule has 1 aromatic carbocycles. The number of aliphatic carboxylic acids is 1. The number of nitrogens with one attached hydrogen (secondary N) is 1. The molecule has 0 fully saturated rings. The first kappa shape index (κ1) is 17.2. The molecule has 116 valence electrons. The molecule has 0 aliphatic rings. The molecule has 0 aliphatic carbocycles. The van der Waals surface area contributed by atoms with Crippen LogP contribution in [0.25, 0.3) is 0 Å². The summed E-state index contributed by atoms with van der Waals surface area (Å²) in [7, 11) is 0. The van der Waals surface area contributed by atoms with Gasteiger partial charge in [-0.05, 0) is 12.1 Å². The maximum absolute atomic E-state index is 12.2. The number of carbonyl (C=O) groups excluding carboxylic acids is 1. The molecule has 1 rings (SSSR count). The first-order valence-electron chi connectivity index (χ1n) is 5.72. The number of thioether (sulfide) groups is 1. The normalized spacial score (nSPS) is 11.0. The topological polar surface area (TPSA) is 75.6 Å². The Balaban J connectivity index is 2.56. The zero-order valence-corrected chi connectivity index (χ0v) is 11.5. The Kier molecular flexibility index (Phi) is 6.35. The number of carbonyl (C=O) groups is 2. The molecule has 0 unspecified atom stereocenters. The van der Waals surface area contributed by atoms with Crippen LogP contribution in [-0.2, 0) is 4.79 Å². The number of carboxylic acid groups (broad SMARTS) is 1. The number of alkyl halides is 3. The lowest BCUT2D eigenvalue weighted by Crippen LogP contribution is -2.27. The summed E-state index contributed by atoms with van der Waals surface area (Å²) in [5.41, 5.74) is -0.238. The molecule has 2 N–H and O–H groups in total. The highest BCUT2D eigenvalue weighted by molar-refractivity contribution is 7.99. The highest BCUT2D eigenvalue weighted by Crippen LogP contribution is 2.26. The van der Waals surface area contributed by atoms with Gasteiger partial charge in [0.25, 0.3) is 5.91 Å². The first-order valence-corrected chi connectivity index (χ1v) is 6.87. The average Bonchev–Trinajstić information content (AvgIpc) is 2.36. The molecule has 0 saturated carbocycles. The van der Waals surface area contributed by atoms with E-state index in [-0.39, 0.29) is 17.9 Å². The maximum atomic E-state index is 12.2. The summed E-state index contributed by atoms with van der Waals surface area (Å²) in [5, 5.41) is 10.8. The van der Waals surface area contributed by atoms with E-state index in [0.29, 0.717) is 5.75 Å². The van der Waals surface area contributed by atoms with Gasteiger partial charge >= 0.3 is 12.3 Å². The molecule has 5 nitrogen and oxygen atoms in total. The van der Waals surface area contributed by atoms with Gasteiger partial charge in [0.15, 0.2) is 0 Å². The Bertz CT molecular complexity index is 508. The van der Waals surface area contributed by atoms with E-state index in [0.717, 1.165) is 17.8 Å². The van der Waals surface area contributed by atoms with Crippen LogP contribution in [0.15, 0.2) is 24.3 Å². The van der Waals surface area contributed by atoms with Gasteiger partial charge in [0, 0.05) is 12.3 Å². The number of halogens is 3. The summed E-state index contributed by atoms with van der Waals surface area (Å²) in [6, 6.07) is 4.99. The molecule has 0 aromatic heterocycles. The smallest absolute Gasteiger partial charge is 0.481 e. The van der Waals surface area contributed by atoms with Crippen LogP contribution >= 0.6 is 11.8 Å². The van der Waals surface area contributed by atoms with Gasteiger partial charge in [-0.25, -0.2) is 0 Å². The Hall–Kier alpha value is -1.90. The summed E-state index contributed by atoms with van der Waals surface area (Å²) < 4.78 is 40.4. The second-order valence-electron chi connectivity index (χ2n) is 3.75. The minimum atomic E-state index is -4.88. The van der Waals surface area contributed by atoms with E-state index in [1.165, 1.54) is 18.2 Å². The van der Waals surface area contributed by atoms with Crippen molar-refractivity contribution in [1.82, 2.24) is 5.32 Å². The third-order valence-electron chi connectivity index (χ3n) is 2.11. The van der Waals surface area contributed by atoms with Crippen LogP contribution in [0.5, 0.6) is 5.75 Å². The molecule has 21 heavy (non-hydrogen) atoms. The molecular formula is C12H12F3NO4S. The summed E-state index contributed by atoms with van der Waals surface area (Å²) in [4.78, 5) is 22.0. The lowest BCUT2D eigenvalue weighted by molar-refractivity contribution is -0.274. The lowest BCUT2D eigenvalue weighted by atomic mass is 10.2. The second kappa shape index (κ2) is 7.77. The van der Waals surface area contributed by atoms with Crippen LogP contribution in [0.3, 0.4) is 0 Å². The number of amides is 1. The number of ether oxygens (including phenoxy) is 1. The average molecular weight is 323 g/mol. The summed E-state index contributed by atoms with van der Waals surface area (Å²) in [5.74, 6) is -2.05. The van der Waals surface area contributed by atoms with E-state index in [9.17, 15) is 22.8 Å². The molecular weight excluding hydrogens is 311 g/mol. The van der Waals surface area contributed by atoms with Crippen LogP contribution in [0.1, 0.15) is 10.4 Å². The van der Waals surface area contributed by atoms with E-state index in [4.69, 9.17) is 5.11 Å². The standard InChI is InChI=1S/C12H12F3NO4S/c13-12(14,15)20-9-4-2-1-3-8(9)11(19)16-5-6-21-7-10(17)18/h1-4H,5-7H2,(H,16,19)(H,17,18). The van der Waals surface area contributed by atoms with Gasteiger partial charge < -0.3 is 15.2 Å². The van der Waals surface area contributed by atoms with Crippen molar-refractivity contribution in [3.63, 3.8) is 0 Å². The van der Waals surface area contributed by atoms with Crippen LogP contribution in [-0.4, -0.2) is 41.4 Å². The Labute approximate surface area is 122 Å². The predicted octanol–water partition coefficient (Wildman–Crippen LogP) is 2.13. The van der Waals surface area contributed by atoms with E-state index in [1.807, 2.05) is 0 Å². The van der Waals surface area contributed by atoms with Crippen LogP contribution < -0.4 is 10.1 Å². The quantitative estimate of drug-likeness (QED) is 0.752. The fraction of sp³-hybridized carbons (Fsp3) is 0.333. The van der Waals surface area contributed by atoms with Gasteiger partial charge in [0.05, 0.1) is 11.3 Å². The Morgan fingerprint density at radius 2 is 1.95 bits per heavy atom. The predicted molar refractivity (Wildman–Crippen MR) is 70.4 cm³/mol. The monoisotopic (exact) mass is 323 g/mol. The van der Waals surface area contributed by atoms with Crippen molar-refractivity contribution in [3.8, 4) is 5.75 Å². The van der Waals surface area contributed by atoms with Crippen LogP contribution in [0.2, 0.25) is 0 Å². The number of rotatable bonds is 7. The van der Waals surface area contributed by atoms with E-state index in [2.05, 4.69) is 10.1 Å². The van der Waals surface area contributed by atoms with Crippen molar-refractivity contribution >= 4 is 23.6 Å². The summed E-state index contributed by atoms with van der Waals surface area (Å²) >= 11 is 1.09. The largest absolute Gasteiger partial charge is 0.573 e. The molecule has 0 aliphatic heterocycles. The minimum absolute atomic E-state index is 0.107. The SMILES string of the molecule is O=C(O)CSCCNC(=O)c1ccccc1OC(F)(F)F. The molecule has 1 aromatic rings. The molecule has 9 heteroatoms. The lowest BCUT2D eigenvalue weighted by Gasteiger charge is -2.12. The van der Waals surface area contributed by atoms with Gasteiger partial charge in [-0.1, -0.05) is 12.1 Å². The maximum Gasteiger partial charge on any atom is 0.573 e. The summed E-state index contributed by atoms with van der Waals surface area (Å²) in [6.07, 6.45) is -4.88. The molecule has 0 heterocycles. The number of benzene rings is 1. The van der Waals surface area contributed by atoms with Crippen molar-refractivity contribution in [2.45, 2.75) is 6.36 Å². The van der Waals surface area contributed by atoms with E-state index >= 15 is 0 Å². The molecule has 0 saturated heterocycles. The Morgan fingerprint density at radius 3 is 2.57 bits per heavy atom. The molecule has 0 bridgehead atoms. The van der Waals surface area contributed by atoms with E-state index < -0.39 is 24.0 Å². The number of carboxylic acids is 1. The van der Waals surface area contributed by atoms with Gasteiger partial charge in [0.2, 0.25) is 0 Å². The third-order valence-corrected chi connectivity index (χ3v) is 3.06. The Morgan fingerprint density at radius 1 is 1.29 bits per heavy atom. The first-order chi connectivity index (χ1) is 9.79. The second-order valence-corrected chi connectivity index (χ2v) is 4.85. The van der Waals surface area contributed by atoms with Crippen molar-refractivity contribution in [3.05, 3.63) is 29.8 Å². The minimum Gasteiger partial charge on any atom is -0.481 e. The molecule has 0 radical (unpaired) electrons. The summed E-state index contributed by atoms with van der Waals surface area (Å²) in [6.45, 7) is 0.136. The van der Waals surface area contributed by atoms with Gasteiger partial charge in [0.1, 0.15) is 5.75 Å². The highest BCUT2D eigenvalue weighted by Gasteiger charge is 2.32. The highest BCUT2D eigenvalue weighted by atomic mass is 32.2.